The van der Waals surface area contributed by atoms with Crippen LogP contribution in [0.3, 0.4) is 0 Å². The Balaban J connectivity index is 2.13. The predicted octanol–water partition coefficient (Wildman–Crippen LogP) is 4.67. The molecule has 0 bridgehead atoms. The first-order chi connectivity index (χ1) is 14.3. The van der Waals surface area contributed by atoms with Crippen LogP contribution in [0.25, 0.3) is 0 Å². The predicted molar refractivity (Wildman–Crippen MR) is 121 cm³/mol. The summed E-state index contributed by atoms with van der Waals surface area (Å²) in [6, 6.07) is 12.5. The summed E-state index contributed by atoms with van der Waals surface area (Å²) in [5.41, 5.74) is 2.99. The highest BCUT2D eigenvalue weighted by molar-refractivity contribution is 6.30. The van der Waals surface area contributed by atoms with Crippen molar-refractivity contribution in [3.05, 3.63) is 64.2 Å². The van der Waals surface area contributed by atoms with Crippen LogP contribution in [0.1, 0.15) is 43.4 Å². The Morgan fingerprint density at radius 1 is 1.13 bits per heavy atom. The van der Waals surface area contributed by atoms with Crippen molar-refractivity contribution in [3.8, 4) is 5.75 Å². The van der Waals surface area contributed by atoms with Crippen molar-refractivity contribution in [1.82, 2.24) is 10.2 Å². The lowest BCUT2D eigenvalue weighted by atomic mass is 10.1. The second-order valence-electron chi connectivity index (χ2n) is 7.58. The molecule has 162 valence electrons. The van der Waals surface area contributed by atoms with Crippen LogP contribution in [0.5, 0.6) is 5.75 Å². The largest absolute Gasteiger partial charge is 0.484 e. The van der Waals surface area contributed by atoms with E-state index < -0.39 is 6.04 Å². The van der Waals surface area contributed by atoms with Crippen molar-refractivity contribution in [2.75, 3.05) is 13.2 Å². The number of ether oxygens (including phenoxy) is 1. The number of hydrogen-bond donors (Lipinski definition) is 1. The van der Waals surface area contributed by atoms with Gasteiger partial charge in [0.1, 0.15) is 11.8 Å². The SMILES string of the molecule is CCCCNC(=O)C(C)N(Cc1cccc(Cl)c1)C(=O)COc1cc(C)cc(C)c1. The number of nitrogens with one attached hydrogen (secondary N) is 1. The molecule has 0 radical (unpaired) electrons. The normalized spacial score (nSPS) is 11.6. The Bertz CT molecular complexity index is 849. The van der Waals surface area contributed by atoms with Crippen LogP contribution < -0.4 is 10.1 Å². The molecule has 0 saturated heterocycles. The lowest BCUT2D eigenvalue weighted by molar-refractivity contribution is -0.142. The van der Waals surface area contributed by atoms with Crippen LogP contribution in [0.4, 0.5) is 0 Å². The van der Waals surface area contributed by atoms with E-state index in [0.29, 0.717) is 17.3 Å². The highest BCUT2D eigenvalue weighted by atomic mass is 35.5. The average Bonchev–Trinajstić information content (AvgIpc) is 2.69. The molecular weight excluding hydrogens is 400 g/mol. The van der Waals surface area contributed by atoms with Crippen LogP contribution in [0.2, 0.25) is 5.02 Å². The maximum Gasteiger partial charge on any atom is 0.261 e. The van der Waals surface area contributed by atoms with Gasteiger partial charge in [-0.2, -0.15) is 0 Å². The number of benzene rings is 2. The molecule has 1 N–H and O–H groups in total. The molecule has 2 rings (SSSR count). The third-order valence-corrected chi connectivity index (χ3v) is 5.03. The molecule has 5 nitrogen and oxygen atoms in total. The number of nitrogens with zero attached hydrogens (tertiary/aromatic N) is 1. The van der Waals surface area contributed by atoms with Gasteiger partial charge in [0.05, 0.1) is 0 Å². The van der Waals surface area contributed by atoms with Crippen molar-refractivity contribution < 1.29 is 14.3 Å². The van der Waals surface area contributed by atoms with Gasteiger partial charge in [-0.1, -0.05) is 43.1 Å². The minimum Gasteiger partial charge on any atom is -0.484 e. The van der Waals surface area contributed by atoms with Gasteiger partial charge in [-0.05, 0) is 68.1 Å². The second kappa shape index (κ2) is 11.6. The van der Waals surface area contributed by atoms with E-state index in [1.54, 1.807) is 19.1 Å². The van der Waals surface area contributed by atoms with Gasteiger partial charge in [-0.3, -0.25) is 9.59 Å². The van der Waals surface area contributed by atoms with Crippen molar-refractivity contribution in [1.29, 1.82) is 0 Å². The van der Waals surface area contributed by atoms with Gasteiger partial charge < -0.3 is 15.0 Å². The average molecular weight is 431 g/mol. The molecule has 0 spiro atoms. The second-order valence-corrected chi connectivity index (χ2v) is 8.02. The highest BCUT2D eigenvalue weighted by Gasteiger charge is 2.26. The number of halogens is 1. The number of unbranched alkanes of at least 4 members (excludes halogenated alkanes) is 1. The Morgan fingerprint density at radius 2 is 1.83 bits per heavy atom. The molecule has 0 aliphatic heterocycles. The number of carbonyl (C=O) groups is 2. The molecule has 2 aromatic rings. The minimum absolute atomic E-state index is 0.143. The number of rotatable bonds is 10. The van der Waals surface area contributed by atoms with Crippen molar-refractivity contribution in [2.24, 2.45) is 0 Å². The van der Waals surface area contributed by atoms with Crippen molar-refractivity contribution >= 4 is 23.4 Å². The van der Waals surface area contributed by atoms with Gasteiger partial charge in [0, 0.05) is 18.1 Å². The first-order valence-corrected chi connectivity index (χ1v) is 10.7. The zero-order valence-corrected chi connectivity index (χ0v) is 19.0. The molecule has 30 heavy (non-hydrogen) atoms. The lowest BCUT2D eigenvalue weighted by Crippen LogP contribution is -2.49. The number of amides is 2. The Morgan fingerprint density at radius 3 is 2.47 bits per heavy atom. The molecule has 2 aromatic carbocycles. The molecule has 0 aliphatic carbocycles. The highest BCUT2D eigenvalue weighted by Crippen LogP contribution is 2.18. The summed E-state index contributed by atoms with van der Waals surface area (Å²) >= 11 is 6.10. The molecule has 0 aliphatic rings. The molecule has 0 aromatic heterocycles. The Labute approximate surface area is 184 Å². The summed E-state index contributed by atoms with van der Waals surface area (Å²) in [7, 11) is 0. The molecular formula is C24H31ClN2O3. The smallest absolute Gasteiger partial charge is 0.261 e. The summed E-state index contributed by atoms with van der Waals surface area (Å²) < 4.78 is 5.75. The molecule has 1 unspecified atom stereocenters. The molecule has 0 fully saturated rings. The molecule has 2 amide bonds. The summed E-state index contributed by atoms with van der Waals surface area (Å²) in [5, 5.41) is 3.49. The third-order valence-electron chi connectivity index (χ3n) is 4.80. The Kier molecular flexibility index (Phi) is 9.18. The van der Waals surface area contributed by atoms with Gasteiger partial charge in [0.2, 0.25) is 5.91 Å². The van der Waals surface area contributed by atoms with Crippen molar-refractivity contribution in [3.63, 3.8) is 0 Å². The molecule has 1 atom stereocenters. The maximum absolute atomic E-state index is 13.0. The monoisotopic (exact) mass is 430 g/mol. The summed E-state index contributed by atoms with van der Waals surface area (Å²) in [5.74, 6) is 0.209. The van der Waals surface area contributed by atoms with Gasteiger partial charge in [-0.15, -0.1) is 0 Å². The number of hydrogen-bond acceptors (Lipinski definition) is 3. The van der Waals surface area contributed by atoms with Crippen LogP contribution >= 0.6 is 11.6 Å². The van der Waals surface area contributed by atoms with Crippen molar-refractivity contribution in [2.45, 2.75) is 53.1 Å². The minimum atomic E-state index is -0.629. The van der Waals surface area contributed by atoms with E-state index in [1.165, 1.54) is 4.90 Å². The fourth-order valence-electron chi connectivity index (χ4n) is 3.19. The zero-order chi connectivity index (χ0) is 22.1. The number of carbonyl (C=O) groups excluding carboxylic acids is 2. The Hall–Kier alpha value is -2.53. The van der Waals surface area contributed by atoms with Gasteiger partial charge in [0.25, 0.3) is 5.91 Å². The molecule has 0 heterocycles. The van der Waals surface area contributed by atoms with Crippen LogP contribution in [0, 0.1) is 13.8 Å². The zero-order valence-electron chi connectivity index (χ0n) is 18.2. The van der Waals surface area contributed by atoms with E-state index in [9.17, 15) is 9.59 Å². The van der Waals surface area contributed by atoms with E-state index in [4.69, 9.17) is 16.3 Å². The van der Waals surface area contributed by atoms with Gasteiger partial charge in [-0.25, -0.2) is 0 Å². The number of aryl methyl sites for hydroxylation is 2. The standard InChI is InChI=1S/C24H31ClN2O3/c1-5-6-10-26-24(29)19(4)27(15-20-8-7-9-21(25)14-20)23(28)16-30-22-12-17(2)11-18(3)13-22/h7-9,11-14,19H,5-6,10,15-16H2,1-4H3,(H,26,29). The van der Waals surface area contributed by atoms with E-state index >= 15 is 0 Å². The fraction of sp³-hybridized carbons (Fsp3) is 0.417. The maximum atomic E-state index is 13.0. The summed E-state index contributed by atoms with van der Waals surface area (Å²) in [6.07, 6.45) is 1.89. The van der Waals surface area contributed by atoms with E-state index in [0.717, 1.165) is 29.5 Å². The molecule has 6 heteroatoms. The lowest BCUT2D eigenvalue weighted by Gasteiger charge is -2.29. The summed E-state index contributed by atoms with van der Waals surface area (Å²) in [6.45, 7) is 8.49. The topological polar surface area (TPSA) is 58.6 Å². The third kappa shape index (κ3) is 7.38. The van der Waals surface area contributed by atoms with Crippen LogP contribution in [-0.4, -0.2) is 35.9 Å². The van der Waals surface area contributed by atoms with Crippen LogP contribution in [-0.2, 0) is 16.1 Å². The van der Waals surface area contributed by atoms with E-state index in [2.05, 4.69) is 12.2 Å². The van der Waals surface area contributed by atoms with E-state index in [-0.39, 0.29) is 25.0 Å². The fourth-order valence-corrected chi connectivity index (χ4v) is 3.41. The van der Waals surface area contributed by atoms with Gasteiger partial charge in [0.15, 0.2) is 6.61 Å². The van der Waals surface area contributed by atoms with E-state index in [1.807, 2.05) is 44.2 Å². The molecule has 0 saturated carbocycles. The summed E-state index contributed by atoms with van der Waals surface area (Å²) in [4.78, 5) is 27.2. The first kappa shape index (κ1) is 23.7. The first-order valence-electron chi connectivity index (χ1n) is 10.3. The van der Waals surface area contributed by atoms with Crippen LogP contribution in [0.15, 0.2) is 42.5 Å². The quantitative estimate of drug-likeness (QED) is 0.557. The van der Waals surface area contributed by atoms with Gasteiger partial charge >= 0.3 is 0 Å².